The zero-order valence-corrected chi connectivity index (χ0v) is 18.9. The maximum absolute atomic E-state index is 13.0. The number of rotatable bonds is 5. The Morgan fingerprint density at radius 2 is 1.68 bits per heavy atom. The van der Waals surface area contributed by atoms with Crippen LogP contribution in [-0.4, -0.2) is 22.7 Å². The van der Waals surface area contributed by atoms with E-state index in [0.717, 1.165) is 17.6 Å². The Kier molecular flexibility index (Phi) is 5.80. The van der Waals surface area contributed by atoms with Crippen molar-refractivity contribution in [2.45, 2.75) is 26.2 Å². The molecule has 6 nitrogen and oxygen atoms in total. The predicted molar refractivity (Wildman–Crippen MR) is 130 cm³/mol. The van der Waals surface area contributed by atoms with Gasteiger partial charge in [0.05, 0.1) is 17.5 Å². The van der Waals surface area contributed by atoms with E-state index < -0.39 is 0 Å². The van der Waals surface area contributed by atoms with Gasteiger partial charge >= 0.3 is 0 Å². The average molecular weight is 452 g/mol. The molecule has 1 fully saturated rings. The first-order chi connectivity index (χ1) is 16.5. The first-order valence-electron chi connectivity index (χ1n) is 11.4. The van der Waals surface area contributed by atoms with Gasteiger partial charge in [-0.15, -0.1) is 0 Å². The van der Waals surface area contributed by atoms with Gasteiger partial charge in [-0.05, 0) is 79.8 Å². The van der Waals surface area contributed by atoms with Gasteiger partial charge in [-0.3, -0.25) is 24.3 Å². The number of hydrogen-bond acceptors (Lipinski definition) is 4. The van der Waals surface area contributed by atoms with E-state index in [4.69, 9.17) is 0 Å². The third-order valence-corrected chi connectivity index (χ3v) is 6.56. The Morgan fingerprint density at radius 1 is 0.971 bits per heavy atom. The van der Waals surface area contributed by atoms with Crippen LogP contribution in [0.4, 0.5) is 11.4 Å². The van der Waals surface area contributed by atoms with E-state index in [-0.39, 0.29) is 29.6 Å². The maximum Gasteiger partial charge on any atom is 0.255 e. The standard InChI is InChI=1S/C28H25N3O3/c1-18-5-10-24-25(15-18)28(34)31(27(24)33)23-4-2-3-21(17-23)26(32)30-22-8-6-19(7-9-22)16-20-11-13-29-14-12-20/h2-9,11-14,17,24-25H,10,15-16H2,1H3,(H,30,32)/t24-,25-/m0/s1. The minimum atomic E-state index is -0.306. The molecule has 2 aliphatic rings. The fourth-order valence-corrected chi connectivity index (χ4v) is 4.72. The second kappa shape index (κ2) is 9.06. The number of imide groups is 1. The van der Waals surface area contributed by atoms with Crippen molar-refractivity contribution in [1.29, 1.82) is 0 Å². The predicted octanol–water partition coefficient (Wildman–Crippen LogP) is 4.77. The molecule has 3 amide bonds. The Morgan fingerprint density at radius 3 is 2.44 bits per heavy atom. The number of aromatic nitrogens is 1. The number of allylic oxidation sites excluding steroid dienone is 2. The summed E-state index contributed by atoms with van der Waals surface area (Å²) in [4.78, 5) is 44.2. The summed E-state index contributed by atoms with van der Waals surface area (Å²) in [7, 11) is 0. The van der Waals surface area contributed by atoms with Crippen molar-refractivity contribution in [3.8, 4) is 0 Å². The quantitative estimate of drug-likeness (QED) is 0.448. The molecule has 0 unspecified atom stereocenters. The van der Waals surface area contributed by atoms with Crippen LogP contribution in [0, 0.1) is 11.8 Å². The SMILES string of the molecule is CC1=CC[C@@H]2C(=O)N(c3cccc(C(=O)Nc4ccc(Cc5ccncc5)cc4)c3)C(=O)[C@H]2C1. The van der Waals surface area contributed by atoms with Gasteiger partial charge in [-0.25, -0.2) is 0 Å². The van der Waals surface area contributed by atoms with Gasteiger partial charge in [0.25, 0.3) is 5.91 Å². The highest BCUT2D eigenvalue weighted by Crippen LogP contribution is 2.39. The van der Waals surface area contributed by atoms with Crippen LogP contribution in [0.2, 0.25) is 0 Å². The van der Waals surface area contributed by atoms with Gasteiger partial charge in [0.15, 0.2) is 0 Å². The second-order valence-electron chi connectivity index (χ2n) is 8.95. The van der Waals surface area contributed by atoms with Crippen LogP contribution in [0.15, 0.2) is 84.7 Å². The van der Waals surface area contributed by atoms with Crippen LogP contribution < -0.4 is 10.2 Å². The first-order valence-corrected chi connectivity index (χ1v) is 11.4. The van der Waals surface area contributed by atoms with Crippen molar-refractivity contribution in [2.75, 3.05) is 10.2 Å². The summed E-state index contributed by atoms with van der Waals surface area (Å²) in [6.07, 6.45) is 7.58. The fraction of sp³-hybridized carbons (Fsp3) is 0.214. The van der Waals surface area contributed by atoms with E-state index in [1.165, 1.54) is 10.5 Å². The summed E-state index contributed by atoms with van der Waals surface area (Å²) in [5.74, 6) is -1.26. The molecular weight excluding hydrogens is 426 g/mol. The van der Waals surface area contributed by atoms with E-state index in [1.54, 1.807) is 36.7 Å². The molecule has 1 aromatic heterocycles. The van der Waals surface area contributed by atoms with Crippen LogP contribution >= 0.6 is 0 Å². The lowest BCUT2D eigenvalue weighted by molar-refractivity contribution is -0.122. The lowest BCUT2D eigenvalue weighted by Gasteiger charge is -2.18. The number of hydrogen-bond donors (Lipinski definition) is 1. The number of nitrogens with zero attached hydrogens (tertiary/aromatic N) is 2. The molecule has 1 aliphatic heterocycles. The maximum atomic E-state index is 13.0. The second-order valence-corrected chi connectivity index (χ2v) is 8.95. The first kappa shape index (κ1) is 21.8. The molecule has 170 valence electrons. The minimum absolute atomic E-state index is 0.176. The number of anilines is 2. The number of carbonyl (C=O) groups is 3. The van der Waals surface area contributed by atoms with Crippen LogP contribution in [0.25, 0.3) is 0 Å². The molecule has 5 rings (SSSR count). The van der Waals surface area contributed by atoms with Gasteiger partial charge in [-0.1, -0.05) is 29.8 Å². The monoisotopic (exact) mass is 451 g/mol. The van der Waals surface area contributed by atoms with E-state index in [9.17, 15) is 14.4 Å². The van der Waals surface area contributed by atoms with Gasteiger partial charge in [-0.2, -0.15) is 0 Å². The zero-order chi connectivity index (χ0) is 23.7. The van der Waals surface area contributed by atoms with Crippen molar-refractivity contribution in [2.24, 2.45) is 11.8 Å². The summed E-state index contributed by atoms with van der Waals surface area (Å²) in [5.41, 5.74) is 4.95. The number of amides is 3. The number of nitrogens with one attached hydrogen (secondary N) is 1. The molecule has 0 radical (unpaired) electrons. The summed E-state index contributed by atoms with van der Waals surface area (Å²) >= 11 is 0. The molecule has 0 bridgehead atoms. The molecule has 3 aromatic rings. The van der Waals surface area contributed by atoms with E-state index in [1.807, 2.05) is 49.4 Å². The Bertz CT molecular complexity index is 1280. The van der Waals surface area contributed by atoms with Crippen molar-refractivity contribution in [3.63, 3.8) is 0 Å². The smallest absolute Gasteiger partial charge is 0.255 e. The van der Waals surface area contributed by atoms with E-state index in [2.05, 4.69) is 10.3 Å². The van der Waals surface area contributed by atoms with Crippen molar-refractivity contribution < 1.29 is 14.4 Å². The van der Waals surface area contributed by atoms with Crippen molar-refractivity contribution >= 4 is 29.1 Å². The van der Waals surface area contributed by atoms with Crippen molar-refractivity contribution in [3.05, 3.63) is 101 Å². The number of benzene rings is 2. The molecule has 6 heteroatoms. The summed E-state index contributed by atoms with van der Waals surface area (Å²) in [6.45, 7) is 1.99. The summed E-state index contributed by atoms with van der Waals surface area (Å²) in [6, 6.07) is 18.3. The largest absolute Gasteiger partial charge is 0.322 e. The zero-order valence-electron chi connectivity index (χ0n) is 18.9. The van der Waals surface area contributed by atoms with Gasteiger partial charge < -0.3 is 5.32 Å². The molecule has 34 heavy (non-hydrogen) atoms. The average Bonchev–Trinajstić information content (AvgIpc) is 3.10. The number of fused-ring (bicyclic) bond motifs is 1. The molecule has 1 N–H and O–H groups in total. The Labute approximate surface area is 198 Å². The molecule has 2 atom stereocenters. The van der Waals surface area contributed by atoms with E-state index >= 15 is 0 Å². The van der Waals surface area contributed by atoms with E-state index in [0.29, 0.717) is 29.8 Å². The minimum Gasteiger partial charge on any atom is -0.322 e. The molecule has 0 saturated carbocycles. The topological polar surface area (TPSA) is 79.4 Å². The summed E-state index contributed by atoms with van der Waals surface area (Å²) < 4.78 is 0. The van der Waals surface area contributed by atoms with Crippen LogP contribution in [0.5, 0.6) is 0 Å². The number of carbonyl (C=O) groups excluding carboxylic acids is 3. The van der Waals surface area contributed by atoms with Crippen LogP contribution in [-0.2, 0) is 16.0 Å². The highest BCUT2D eigenvalue weighted by atomic mass is 16.2. The van der Waals surface area contributed by atoms with Gasteiger partial charge in [0.2, 0.25) is 11.8 Å². The summed E-state index contributed by atoms with van der Waals surface area (Å²) in [5, 5.41) is 2.90. The van der Waals surface area contributed by atoms with Crippen LogP contribution in [0.1, 0.15) is 41.3 Å². The molecule has 2 aromatic carbocycles. The Hall–Kier alpha value is -4.06. The highest BCUT2D eigenvalue weighted by Gasteiger charge is 2.48. The third kappa shape index (κ3) is 4.27. The highest BCUT2D eigenvalue weighted by molar-refractivity contribution is 6.22. The van der Waals surface area contributed by atoms with Crippen LogP contribution in [0.3, 0.4) is 0 Å². The molecule has 0 spiro atoms. The Balaban J connectivity index is 1.29. The molecule has 1 aliphatic carbocycles. The molecule has 1 saturated heterocycles. The molecular formula is C28H25N3O3. The van der Waals surface area contributed by atoms with Gasteiger partial charge in [0, 0.05) is 23.6 Å². The normalized spacial score (nSPS) is 19.6. The number of pyridine rings is 1. The third-order valence-electron chi connectivity index (χ3n) is 6.56. The molecule has 2 heterocycles. The van der Waals surface area contributed by atoms with Crippen molar-refractivity contribution in [1.82, 2.24) is 4.98 Å². The van der Waals surface area contributed by atoms with Gasteiger partial charge in [0.1, 0.15) is 0 Å². The fourth-order valence-electron chi connectivity index (χ4n) is 4.72. The lowest BCUT2D eigenvalue weighted by Crippen LogP contribution is -2.31. The lowest BCUT2D eigenvalue weighted by atomic mass is 9.82.